The van der Waals surface area contributed by atoms with E-state index in [0.29, 0.717) is 22.3 Å². The standard InChI is InChI=1S/C14H12ClN3O/c1-19-10-6-3-2-5-9(10)13-14(16)18-11(15)7-4-8-12(18)17-13/h2-8H,16H2,1H3. The monoisotopic (exact) mass is 273 g/mol. The molecule has 0 unspecified atom stereocenters. The van der Waals surface area contributed by atoms with Crippen LogP contribution in [0.3, 0.4) is 0 Å². The first-order valence-electron chi connectivity index (χ1n) is 5.78. The molecule has 2 heterocycles. The van der Waals surface area contributed by atoms with Crippen molar-refractivity contribution in [3.63, 3.8) is 0 Å². The van der Waals surface area contributed by atoms with Crippen molar-refractivity contribution in [3.05, 3.63) is 47.6 Å². The highest BCUT2D eigenvalue weighted by Gasteiger charge is 2.15. The Balaban J connectivity index is 2.32. The Morgan fingerprint density at radius 2 is 1.95 bits per heavy atom. The minimum atomic E-state index is 0.505. The number of para-hydroxylation sites is 1. The van der Waals surface area contributed by atoms with Crippen molar-refractivity contribution in [1.82, 2.24) is 9.38 Å². The molecule has 0 bridgehead atoms. The number of rotatable bonds is 2. The first kappa shape index (κ1) is 11.9. The van der Waals surface area contributed by atoms with E-state index in [1.165, 1.54) is 0 Å². The highest BCUT2D eigenvalue weighted by molar-refractivity contribution is 6.30. The first-order chi connectivity index (χ1) is 9.22. The lowest BCUT2D eigenvalue weighted by atomic mass is 10.1. The maximum absolute atomic E-state index is 6.16. The average molecular weight is 274 g/mol. The summed E-state index contributed by atoms with van der Waals surface area (Å²) in [5.41, 5.74) is 8.39. The van der Waals surface area contributed by atoms with Gasteiger partial charge in [-0.25, -0.2) is 4.98 Å². The van der Waals surface area contributed by atoms with E-state index in [0.717, 1.165) is 11.3 Å². The third-order valence-electron chi connectivity index (χ3n) is 2.99. The van der Waals surface area contributed by atoms with Gasteiger partial charge in [-0.05, 0) is 24.3 Å². The van der Waals surface area contributed by atoms with Crippen molar-refractivity contribution in [3.8, 4) is 17.0 Å². The van der Waals surface area contributed by atoms with E-state index in [1.54, 1.807) is 17.6 Å². The molecule has 0 atom stereocenters. The highest BCUT2D eigenvalue weighted by atomic mass is 35.5. The van der Waals surface area contributed by atoms with Crippen LogP contribution < -0.4 is 10.5 Å². The summed E-state index contributed by atoms with van der Waals surface area (Å²) < 4.78 is 7.05. The van der Waals surface area contributed by atoms with Gasteiger partial charge in [0, 0.05) is 5.56 Å². The van der Waals surface area contributed by atoms with Gasteiger partial charge in [-0.15, -0.1) is 0 Å². The number of halogens is 1. The van der Waals surface area contributed by atoms with Gasteiger partial charge < -0.3 is 10.5 Å². The van der Waals surface area contributed by atoms with E-state index >= 15 is 0 Å². The van der Waals surface area contributed by atoms with E-state index in [2.05, 4.69) is 4.98 Å². The maximum atomic E-state index is 6.16. The molecule has 96 valence electrons. The molecule has 0 spiro atoms. The molecule has 2 N–H and O–H groups in total. The summed E-state index contributed by atoms with van der Waals surface area (Å²) in [5, 5.41) is 0.531. The quantitative estimate of drug-likeness (QED) is 0.729. The van der Waals surface area contributed by atoms with Crippen LogP contribution in [-0.4, -0.2) is 16.5 Å². The van der Waals surface area contributed by atoms with E-state index in [1.807, 2.05) is 36.4 Å². The summed E-state index contributed by atoms with van der Waals surface area (Å²) >= 11 is 6.15. The third kappa shape index (κ3) is 1.81. The van der Waals surface area contributed by atoms with Crippen LogP contribution in [0.15, 0.2) is 42.5 Å². The van der Waals surface area contributed by atoms with Crippen LogP contribution in [0.5, 0.6) is 5.75 Å². The van der Waals surface area contributed by atoms with Crippen molar-refractivity contribution < 1.29 is 4.74 Å². The van der Waals surface area contributed by atoms with Crippen molar-refractivity contribution in [2.45, 2.75) is 0 Å². The predicted octanol–water partition coefficient (Wildman–Crippen LogP) is 3.25. The number of pyridine rings is 1. The number of nitrogen functional groups attached to an aromatic ring is 1. The molecule has 0 aliphatic carbocycles. The molecule has 0 aliphatic heterocycles. The van der Waals surface area contributed by atoms with Crippen LogP contribution in [-0.2, 0) is 0 Å². The van der Waals surface area contributed by atoms with E-state index in [9.17, 15) is 0 Å². The molecule has 0 saturated heterocycles. The van der Waals surface area contributed by atoms with Crippen LogP contribution in [0, 0.1) is 0 Å². The van der Waals surface area contributed by atoms with E-state index in [4.69, 9.17) is 22.1 Å². The number of anilines is 1. The summed E-state index contributed by atoms with van der Waals surface area (Å²) in [7, 11) is 1.62. The lowest BCUT2D eigenvalue weighted by molar-refractivity contribution is 0.416. The normalized spacial score (nSPS) is 10.8. The third-order valence-corrected chi connectivity index (χ3v) is 3.29. The Morgan fingerprint density at radius 3 is 2.68 bits per heavy atom. The Labute approximate surface area is 115 Å². The first-order valence-corrected chi connectivity index (χ1v) is 6.16. The van der Waals surface area contributed by atoms with Gasteiger partial charge in [0.15, 0.2) is 0 Å². The number of fused-ring (bicyclic) bond motifs is 1. The van der Waals surface area contributed by atoms with E-state index < -0.39 is 0 Å². The lowest BCUT2D eigenvalue weighted by Crippen LogP contribution is -1.96. The largest absolute Gasteiger partial charge is 0.496 e. The number of nitrogens with two attached hydrogens (primary N) is 1. The Morgan fingerprint density at radius 1 is 1.16 bits per heavy atom. The summed E-state index contributed by atoms with van der Waals surface area (Å²) in [4.78, 5) is 4.53. The molecular weight excluding hydrogens is 262 g/mol. The molecule has 3 rings (SSSR count). The van der Waals surface area contributed by atoms with Gasteiger partial charge in [0.1, 0.15) is 28.1 Å². The van der Waals surface area contributed by atoms with Crippen LogP contribution in [0.4, 0.5) is 5.82 Å². The molecular formula is C14H12ClN3O. The topological polar surface area (TPSA) is 52.5 Å². The maximum Gasteiger partial charge on any atom is 0.140 e. The van der Waals surface area contributed by atoms with Crippen LogP contribution >= 0.6 is 11.6 Å². The second kappa shape index (κ2) is 4.48. The molecule has 0 radical (unpaired) electrons. The zero-order chi connectivity index (χ0) is 13.4. The molecule has 0 amide bonds. The fraction of sp³-hybridized carbons (Fsp3) is 0.0714. The molecule has 0 fully saturated rings. The fourth-order valence-corrected chi connectivity index (χ4v) is 2.36. The molecule has 0 aliphatic rings. The van der Waals surface area contributed by atoms with Gasteiger partial charge in [0.2, 0.25) is 0 Å². The predicted molar refractivity (Wildman–Crippen MR) is 76.6 cm³/mol. The number of imidazole rings is 1. The van der Waals surface area contributed by atoms with Gasteiger partial charge in [-0.3, -0.25) is 4.40 Å². The van der Waals surface area contributed by atoms with Gasteiger partial charge in [-0.2, -0.15) is 0 Å². The zero-order valence-corrected chi connectivity index (χ0v) is 11.1. The van der Waals surface area contributed by atoms with Crippen molar-refractivity contribution >= 4 is 23.1 Å². The Kier molecular flexibility index (Phi) is 2.80. The molecule has 0 saturated carbocycles. The minimum Gasteiger partial charge on any atom is -0.496 e. The summed E-state index contributed by atoms with van der Waals surface area (Å²) in [6, 6.07) is 13.1. The molecule has 2 aromatic heterocycles. The number of hydrogen-bond donors (Lipinski definition) is 1. The molecule has 4 nitrogen and oxygen atoms in total. The number of aromatic nitrogens is 2. The van der Waals surface area contributed by atoms with Crippen LogP contribution in [0.25, 0.3) is 16.9 Å². The number of hydrogen-bond acceptors (Lipinski definition) is 3. The molecule has 3 aromatic rings. The van der Waals surface area contributed by atoms with Gasteiger partial charge >= 0.3 is 0 Å². The number of ether oxygens (including phenoxy) is 1. The van der Waals surface area contributed by atoms with Crippen molar-refractivity contribution in [2.24, 2.45) is 0 Å². The molecule has 1 aromatic carbocycles. The van der Waals surface area contributed by atoms with Gasteiger partial charge in [0.25, 0.3) is 0 Å². The van der Waals surface area contributed by atoms with E-state index in [-0.39, 0.29) is 0 Å². The minimum absolute atomic E-state index is 0.505. The highest BCUT2D eigenvalue weighted by Crippen LogP contribution is 2.34. The van der Waals surface area contributed by atoms with Crippen LogP contribution in [0.2, 0.25) is 5.15 Å². The fourth-order valence-electron chi connectivity index (χ4n) is 2.11. The Hall–Kier alpha value is -2.20. The van der Waals surface area contributed by atoms with Crippen LogP contribution in [0.1, 0.15) is 0 Å². The number of nitrogens with zero attached hydrogens (tertiary/aromatic N) is 2. The molecule has 5 heteroatoms. The summed E-state index contributed by atoms with van der Waals surface area (Å²) in [6.45, 7) is 0. The second-order valence-corrected chi connectivity index (χ2v) is 4.48. The SMILES string of the molecule is COc1ccccc1-c1nc2cccc(Cl)n2c1N. The lowest BCUT2D eigenvalue weighted by Gasteiger charge is -2.06. The summed E-state index contributed by atoms with van der Waals surface area (Å²) in [6.07, 6.45) is 0. The zero-order valence-electron chi connectivity index (χ0n) is 10.3. The summed E-state index contributed by atoms with van der Waals surface area (Å²) in [5.74, 6) is 1.24. The van der Waals surface area contributed by atoms with Gasteiger partial charge in [0.05, 0.1) is 7.11 Å². The van der Waals surface area contributed by atoms with Gasteiger partial charge in [-0.1, -0.05) is 29.8 Å². The van der Waals surface area contributed by atoms with Crippen molar-refractivity contribution in [2.75, 3.05) is 12.8 Å². The number of methoxy groups -OCH3 is 1. The van der Waals surface area contributed by atoms with Crippen molar-refractivity contribution in [1.29, 1.82) is 0 Å². The smallest absolute Gasteiger partial charge is 0.140 e. The number of benzene rings is 1. The molecule has 19 heavy (non-hydrogen) atoms. The average Bonchev–Trinajstić information content (AvgIpc) is 2.77. The second-order valence-electron chi connectivity index (χ2n) is 4.09. The Bertz CT molecular complexity index is 752.